The summed E-state index contributed by atoms with van der Waals surface area (Å²) in [5.41, 5.74) is -2.92. The highest BCUT2D eigenvalue weighted by Gasteiger charge is 2.33. The van der Waals surface area contributed by atoms with E-state index in [2.05, 4.69) is 22.5 Å². The Balaban J connectivity index is 1.61. The summed E-state index contributed by atoms with van der Waals surface area (Å²) in [6, 6.07) is 8.71. The summed E-state index contributed by atoms with van der Waals surface area (Å²) in [5.74, 6) is 5.92. The van der Waals surface area contributed by atoms with Crippen molar-refractivity contribution in [2.75, 3.05) is 50.7 Å². The van der Waals surface area contributed by atoms with Gasteiger partial charge in [-0.15, -0.1) is 0 Å². The summed E-state index contributed by atoms with van der Waals surface area (Å²) in [7, 11) is -0.222. The highest BCUT2D eigenvalue weighted by molar-refractivity contribution is 8.00. The van der Waals surface area contributed by atoms with Gasteiger partial charge >= 0.3 is 5.51 Å². The lowest BCUT2D eigenvalue weighted by atomic mass is 10.2. The van der Waals surface area contributed by atoms with Crippen molar-refractivity contribution in [2.45, 2.75) is 27.6 Å². The van der Waals surface area contributed by atoms with Crippen LogP contribution in [0.3, 0.4) is 0 Å². The van der Waals surface area contributed by atoms with Gasteiger partial charge in [0.2, 0.25) is 0 Å². The van der Waals surface area contributed by atoms with Gasteiger partial charge in [-0.1, -0.05) is 11.8 Å². The summed E-state index contributed by atoms with van der Waals surface area (Å²) in [4.78, 5) is 1.94. The molecule has 7 nitrogen and oxygen atoms in total. The number of anilines is 2. The topological polar surface area (TPSA) is 75.1 Å². The number of ether oxygens (including phenoxy) is 1. The quantitative estimate of drug-likeness (QED) is 0.246. The van der Waals surface area contributed by atoms with Crippen LogP contribution in [0.5, 0.6) is 5.75 Å². The summed E-state index contributed by atoms with van der Waals surface area (Å²) < 4.78 is 84.8. The average Bonchev–Trinajstić information content (AvgIpc) is 3.33. The van der Waals surface area contributed by atoms with Crippen LogP contribution in [-0.2, 0) is 9.84 Å². The van der Waals surface area contributed by atoms with Crippen molar-refractivity contribution in [3.05, 3.63) is 48.2 Å². The molecule has 0 spiro atoms. The van der Waals surface area contributed by atoms with Crippen molar-refractivity contribution in [3.63, 3.8) is 0 Å². The molecule has 204 valence electrons. The Hall–Kier alpha value is -3.08. The number of thioether (sulfide) groups is 1. The third-order valence-corrected chi connectivity index (χ3v) is 7.89. The van der Waals surface area contributed by atoms with Gasteiger partial charge in [0, 0.05) is 43.4 Å². The molecule has 1 aromatic carbocycles. The molecule has 2 aromatic heterocycles. The molecular weight excluding hydrogens is 544 g/mol. The van der Waals surface area contributed by atoms with Crippen LogP contribution in [0.25, 0.3) is 5.52 Å². The van der Waals surface area contributed by atoms with Crippen molar-refractivity contribution >= 4 is 38.5 Å². The zero-order valence-corrected chi connectivity index (χ0v) is 22.4. The van der Waals surface area contributed by atoms with E-state index >= 15 is 0 Å². The first-order chi connectivity index (χ1) is 17.9. The first kappa shape index (κ1) is 27.9. The Morgan fingerprint density at radius 3 is 2.58 bits per heavy atom. The third-order valence-electron chi connectivity index (χ3n) is 5.94. The minimum atomic E-state index is -4.54. The highest BCUT2D eigenvalue weighted by Crippen LogP contribution is 2.40. The molecule has 0 aliphatic carbocycles. The number of halogens is 4. The van der Waals surface area contributed by atoms with E-state index in [1.807, 2.05) is 11.9 Å². The van der Waals surface area contributed by atoms with Crippen LogP contribution >= 0.6 is 11.8 Å². The smallest absolute Gasteiger partial charge is 0.447 e. The van der Waals surface area contributed by atoms with E-state index in [0.29, 0.717) is 23.4 Å². The lowest BCUT2D eigenvalue weighted by molar-refractivity contribution is -0.0329. The van der Waals surface area contributed by atoms with Gasteiger partial charge in [0.1, 0.15) is 16.9 Å². The molecule has 4 rings (SSSR count). The van der Waals surface area contributed by atoms with Crippen LogP contribution < -0.4 is 15.4 Å². The van der Waals surface area contributed by atoms with Gasteiger partial charge in [0.05, 0.1) is 47.0 Å². The van der Waals surface area contributed by atoms with E-state index in [1.165, 1.54) is 35.9 Å². The summed E-state index contributed by atoms with van der Waals surface area (Å²) in [5, 5.41) is 6.04. The molecule has 1 aliphatic heterocycles. The number of nitrogens with zero attached hydrogens (tertiary/aromatic N) is 2. The monoisotopic (exact) mass is 570 g/mol. The molecule has 1 fully saturated rings. The van der Waals surface area contributed by atoms with E-state index in [0.717, 1.165) is 6.26 Å². The number of aromatic nitrogens is 1. The molecule has 3 heterocycles. The Morgan fingerprint density at radius 2 is 1.95 bits per heavy atom. The Kier molecular flexibility index (Phi) is 8.06. The number of hydrogen-bond acceptors (Lipinski definition) is 7. The van der Waals surface area contributed by atoms with Crippen LogP contribution in [-0.4, -0.2) is 75.5 Å². The minimum absolute atomic E-state index is 0.0555. The molecule has 1 saturated heterocycles. The molecule has 38 heavy (non-hydrogen) atoms. The number of benzene rings is 1. The van der Waals surface area contributed by atoms with E-state index in [1.54, 1.807) is 18.2 Å². The lowest BCUT2D eigenvalue weighted by Crippen LogP contribution is -2.29. The second-order valence-corrected chi connectivity index (χ2v) is 11.9. The van der Waals surface area contributed by atoms with Gasteiger partial charge in [0.25, 0.3) is 0 Å². The molecular formula is C25H26F4N4O3S2. The van der Waals surface area contributed by atoms with E-state index < -0.39 is 27.6 Å². The molecule has 0 radical (unpaired) electrons. The van der Waals surface area contributed by atoms with Gasteiger partial charge in [0.15, 0.2) is 9.84 Å². The normalized spacial score (nSPS) is 18.3. The number of alkyl halides is 4. The fourth-order valence-electron chi connectivity index (χ4n) is 4.21. The SMILES string of the molecule is COc1cc(S(C)(=O)=O)ccc1NCC#Cc1cc2c(N[C@@H]3CN(C)C[C@@H]3F)cccn2c1SC(F)(F)F. The van der Waals surface area contributed by atoms with Crippen LogP contribution in [0.4, 0.5) is 28.9 Å². The number of nitrogens with one attached hydrogen (secondary N) is 2. The van der Waals surface area contributed by atoms with Crippen LogP contribution in [0.2, 0.25) is 0 Å². The number of hydrogen-bond donors (Lipinski definition) is 2. The molecule has 2 atom stereocenters. The summed E-state index contributed by atoms with van der Waals surface area (Å²) >= 11 is -0.267. The first-order valence-electron chi connectivity index (χ1n) is 11.5. The summed E-state index contributed by atoms with van der Waals surface area (Å²) in [6.45, 7) is 0.808. The van der Waals surface area contributed by atoms with E-state index in [4.69, 9.17) is 4.74 Å². The Bertz CT molecular complexity index is 1500. The maximum absolute atomic E-state index is 14.4. The fraction of sp³-hybridized carbons (Fsp3) is 0.360. The number of methoxy groups -OCH3 is 1. The maximum Gasteiger partial charge on any atom is 0.447 e. The zero-order chi connectivity index (χ0) is 27.7. The second-order valence-electron chi connectivity index (χ2n) is 8.87. The zero-order valence-electron chi connectivity index (χ0n) is 20.8. The van der Waals surface area contributed by atoms with Gasteiger partial charge < -0.3 is 24.7 Å². The number of likely N-dealkylation sites (N-methyl/N-ethyl adjacent to an activating group) is 1. The van der Waals surface area contributed by atoms with E-state index in [9.17, 15) is 26.0 Å². The predicted octanol–water partition coefficient (Wildman–Crippen LogP) is 4.49. The molecule has 2 N–H and O–H groups in total. The molecule has 13 heteroatoms. The Labute approximate surface area is 222 Å². The van der Waals surface area contributed by atoms with Crippen molar-refractivity contribution in [1.82, 2.24) is 9.30 Å². The third kappa shape index (κ3) is 6.48. The lowest BCUT2D eigenvalue weighted by Gasteiger charge is -2.17. The number of fused-ring (bicyclic) bond motifs is 1. The van der Waals surface area contributed by atoms with Crippen LogP contribution in [0.15, 0.2) is 52.5 Å². The number of pyridine rings is 1. The molecule has 0 bridgehead atoms. The average molecular weight is 571 g/mol. The van der Waals surface area contributed by atoms with Crippen LogP contribution in [0, 0.1) is 11.8 Å². The maximum atomic E-state index is 14.4. The van der Waals surface area contributed by atoms with Crippen molar-refractivity contribution in [2.24, 2.45) is 0 Å². The Morgan fingerprint density at radius 1 is 1.18 bits per heavy atom. The van der Waals surface area contributed by atoms with Gasteiger partial charge in [-0.2, -0.15) is 13.2 Å². The standard InChI is InChI=1S/C25H26F4N4O3S2/c1-32-14-18(26)21(15-32)31-19-7-5-11-33-22(19)12-16(24(33)37-25(27,28)29)6-4-10-30-20-9-8-17(38(3,34)35)13-23(20)36-2/h5,7-9,11-13,18,21,30-31H,10,14-15H2,1-3H3/t18-,21+/m0/s1. The second kappa shape index (κ2) is 11.0. The molecule has 0 amide bonds. The van der Waals surface area contributed by atoms with E-state index in [-0.39, 0.29) is 46.1 Å². The predicted molar refractivity (Wildman–Crippen MR) is 141 cm³/mol. The first-order valence-corrected chi connectivity index (χ1v) is 14.2. The van der Waals surface area contributed by atoms with Crippen molar-refractivity contribution in [1.29, 1.82) is 0 Å². The van der Waals surface area contributed by atoms with Crippen LogP contribution in [0.1, 0.15) is 5.56 Å². The van der Waals surface area contributed by atoms with Gasteiger partial charge in [-0.3, -0.25) is 0 Å². The summed E-state index contributed by atoms with van der Waals surface area (Å²) in [6.07, 6.45) is 1.50. The highest BCUT2D eigenvalue weighted by atomic mass is 32.2. The fourth-order valence-corrected chi connectivity index (χ4v) is 5.54. The number of rotatable bonds is 7. The van der Waals surface area contributed by atoms with Gasteiger partial charge in [-0.05, 0) is 37.4 Å². The minimum Gasteiger partial charge on any atom is -0.495 e. The van der Waals surface area contributed by atoms with Crippen molar-refractivity contribution < 1.29 is 30.7 Å². The van der Waals surface area contributed by atoms with Gasteiger partial charge in [-0.25, -0.2) is 12.8 Å². The molecule has 1 aliphatic rings. The number of likely N-dealkylation sites (tertiary alicyclic amines) is 1. The molecule has 3 aromatic rings. The number of sulfone groups is 1. The molecule has 0 unspecified atom stereocenters. The molecule has 0 saturated carbocycles. The van der Waals surface area contributed by atoms with Crippen molar-refractivity contribution in [3.8, 4) is 17.6 Å². The largest absolute Gasteiger partial charge is 0.495 e.